The fourth-order valence-electron chi connectivity index (χ4n) is 4.07. The van der Waals surface area contributed by atoms with Gasteiger partial charge in [-0.2, -0.15) is 0 Å². The van der Waals surface area contributed by atoms with Crippen molar-refractivity contribution in [3.05, 3.63) is 45.6 Å². The third-order valence-corrected chi connectivity index (χ3v) is 6.46. The largest absolute Gasteiger partial charge is 0.486 e. The van der Waals surface area contributed by atoms with E-state index in [9.17, 15) is 4.79 Å². The van der Waals surface area contributed by atoms with Crippen LogP contribution in [0.1, 0.15) is 29.2 Å². The van der Waals surface area contributed by atoms with Crippen LogP contribution in [0.3, 0.4) is 0 Å². The van der Waals surface area contributed by atoms with Gasteiger partial charge in [-0.05, 0) is 42.7 Å². The molecule has 0 radical (unpaired) electrons. The molecule has 1 aromatic carbocycles. The van der Waals surface area contributed by atoms with E-state index in [0.29, 0.717) is 45.4 Å². The van der Waals surface area contributed by atoms with E-state index < -0.39 is 6.10 Å². The van der Waals surface area contributed by atoms with Crippen molar-refractivity contribution in [1.82, 2.24) is 9.80 Å². The maximum absolute atomic E-state index is 13.4. The number of fused-ring (bicyclic) bond motifs is 1. The molecule has 0 N–H and O–H groups in total. The lowest BCUT2D eigenvalue weighted by molar-refractivity contribution is -0.151. The zero-order valence-corrected chi connectivity index (χ0v) is 19.5. The van der Waals surface area contributed by atoms with Crippen molar-refractivity contribution < 1.29 is 19.0 Å². The van der Waals surface area contributed by atoms with Gasteiger partial charge in [0.2, 0.25) is 0 Å². The minimum absolute atomic E-state index is 0.0654. The van der Waals surface area contributed by atoms with Crippen LogP contribution in [0.15, 0.2) is 30.3 Å². The zero-order chi connectivity index (χ0) is 21.8. The molecule has 0 saturated carbocycles. The average Bonchev–Trinajstić information content (AvgIpc) is 3.17. The molecule has 4 rings (SSSR count). The lowest BCUT2D eigenvalue weighted by atomic mass is 10.1. The predicted molar refractivity (Wildman–Crippen MR) is 122 cm³/mol. The molecule has 7 heteroatoms. The number of nitrogens with zero attached hydrogens (tertiary/aromatic N) is 2. The first-order chi connectivity index (χ1) is 15.0. The topological polar surface area (TPSA) is 51.2 Å². The number of carbonyl (C=O) groups is 1. The highest BCUT2D eigenvalue weighted by molar-refractivity contribution is 7.11. The summed E-state index contributed by atoms with van der Waals surface area (Å²) in [6.07, 6.45) is -0.425. The molecule has 1 unspecified atom stereocenters. The van der Waals surface area contributed by atoms with Gasteiger partial charge >= 0.3 is 0 Å². The summed E-state index contributed by atoms with van der Waals surface area (Å²) in [6.45, 7) is 11.7. The highest BCUT2D eigenvalue weighted by Crippen LogP contribution is 2.31. The Morgan fingerprint density at radius 1 is 1.16 bits per heavy atom. The molecular formula is C24H32N2O4S. The zero-order valence-electron chi connectivity index (χ0n) is 18.6. The van der Waals surface area contributed by atoms with Gasteiger partial charge in [-0.25, -0.2) is 0 Å². The molecule has 31 heavy (non-hydrogen) atoms. The summed E-state index contributed by atoms with van der Waals surface area (Å²) in [6, 6.07) is 10.3. The number of amides is 1. The molecule has 2 aliphatic heterocycles. The van der Waals surface area contributed by atoms with E-state index in [1.807, 2.05) is 34.4 Å². The lowest BCUT2D eigenvalue weighted by Crippen LogP contribution is -2.51. The number of hydrogen-bond donors (Lipinski definition) is 0. The van der Waals surface area contributed by atoms with Gasteiger partial charge in [-0.15, -0.1) is 11.3 Å². The predicted octanol–water partition coefficient (Wildman–Crippen LogP) is 3.71. The number of benzene rings is 1. The van der Waals surface area contributed by atoms with Crippen LogP contribution >= 0.6 is 11.3 Å². The molecule has 168 valence electrons. The standard InChI is InChI=1S/C24H32N2O4S/c1-17(2)13-26(14-19-5-7-21-22(12-19)30-11-10-29-21)24(27)23-16-25(8-9-28-23)15-20-6-4-18(3)31-20/h4-7,12,17,23H,8-11,13-16H2,1-3H3. The van der Waals surface area contributed by atoms with Crippen LogP contribution in [-0.2, 0) is 22.6 Å². The van der Waals surface area contributed by atoms with E-state index in [-0.39, 0.29) is 5.91 Å². The van der Waals surface area contributed by atoms with Crippen LogP contribution < -0.4 is 9.47 Å². The first-order valence-electron chi connectivity index (χ1n) is 11.0. The van der Waals surface area contributed by atoms with Gasteiger partial charge in [-0.3, -0.25) is 9.69 Å². The summed E-state index contributed by atoms with van der Waals surface area (Å²) < 4.78 is 17.3. The number of morpholine rings is 1. The van der Waals surface area contributed by atoms with Gasteiger partial charge in [0, 0.05) is 42.5 Å². The SMILES string of the molecule is Cc1ccc(CN2CCOC(C(=O)N(Cc3ccc4c(c3)OCCO4)CC(C)C)C2)s1. The molecule has 1 fully saturated rings. The minimum atomic E-state index is -0.425. The molecular weight excluding hydrogens is 412 g/mol. The molecule has 6 nitrogen and oxygen atoms in total. The normalized spacial score (nSPS) is 18.9. The number of rotatable bonds is 7. The van der Waals surface area contributed by atoms with Crippen LogP contribution in [-0.4, -0.2) is 61.3 Å². The van der Waals surface area contributed by atoms with E-state index >= 15 is 0 Å². The van der Waals surface area contributed by atoms with Gasteiger partial charge in [0.05, 0.1) is 6.61 Å². The second-order valence-electron chi connectivity index (χ2n) is 8.70. The summed E-state index contributed by atoms with van der Waals surface area (Å²) in [5.74, 6) is 1.96. The van der Waals surface area contributed by atoms with Crippen molar-refractivity contribution in [2.75, 3.05) is 39.5 Å². The van der Waals surface area contributed by atoms with Crippen LogP contribution in [0.25, 0.3) is 0 Å². The molecule has 1 aromatic heterocycles. The van der Waals surface area contributed by atoms with Crippen molar-refractivity contribution in [2.45, 2.75) is 40.0 Å². The fraction of sp³-hybridized carbons (Fsp3) is 0.542. The molecule has 1 amide bonds. The first kappa shape index (κ1) is 22.1. The van der Waals surface area contributed by atoms with E-state index in [4.69, 9.17) is 14.2 Å². The van der Waals surface area contributed by atoms with Crippen LogP contribution in [0.4, 0.5) is 0 Å². The quantitative estimate of drug-likeness (QED) is 0.652. The van der Waals surface area contributed by atoms with Crippen molar-refractivity contribution in [2.24, 2.45) is 5.92 Å². The molecule has 0 spiro atoms. The monoisotopic (exact) mass is 444 g/mol. The Hall–Kier alpha value is -2.09. The second kappa shape index (κ2) is 10.0. The van der Waals surface area contributed by atoms with Gasteiger partial charge in [0.15, 0.2) is 11.5 Å². The fourth-order valence-corrected chi connectivity index (χ4v) is 5.00. The van der Waals surface area contributed by atoms with E-state index in [1.165, 1.54) is 9.75 Å². The van der Waals surface area contributed by atoms with Crippen LogP contribution in [0.5, 0.6) is 11.5 Å². The average molecular weight is 445 g/mol. The highest BCUT2D eigenvalue weighted by atomic mass is 32.1. The molecule has 2 aromatic rings. The van der Waals surface area contributed by atoms with E-state index in [0.717, 1.165) is 30.2 Å². The molecule has 1 saturated heterocycles. The van der Waals surface area contributed by atoms with Crippen molar-refractivity contribution in [3.8, 4) is 11.5 Å². The number of hydrogen-bond acceptors (Lipinski definition) is 6. The molecule has 3 heterocycles. The summed E-state index contributed by atoms with van der Waals surface area (Å²) in [7, 11) is 0. The molecule has 1 atom stereocenters. The molecule has 0 bridgehead atoms. The highest BCUT2D eigenvalue weighted by Gasteiger charge is 2.31. The Bertz CT molecular complexity index is 897. The van der Waals surface area contributed by atoms with Gasteiger partial charge in [0.1, 0.15) is 19.3 Å². The third-order valence-electron chi connectivity index (χ3n) is 5.48. The maximum Gasteiger partial charge on any atom is 0.253 e. The molecule has 0 aliphatic carbocycles. The second-order valence-corrected chi connectivity index (χ2v) is 10.1. The number of thiophene rings is 1. The van der Waals surface area contributed by atoms with E-state index in [2.05, 4.69) is 37.8 Å². The van der Waals surface area contributed by atoms with Crippen molar-refractivity contribution in [1.29, 1.82) is 0 Å². The summed E-state index contributed by atoms with van der Waals surface area (Å²) >= 11 is 1.82. The van der Waals surface area contributed by atoms with E-state index in [1.54, 1.807) is 0 Å². The van der Waals surface area contributed by atoms with Crippen LogP contribution in [0, 0.1) is 12.8 Å². The van der Waals surface area contributed by atoms with Gasteiger partial charge in [-0.1, -0.05) is 19.9 Å². The van der Waals surface area contributed by atoms with Crippen molar-refractivity contribution >= 4 is 17.2 Å². The summed E-state index contributed by atoms with van der Waals surface area (Å²) in [4.78, 5) is 20.4. The minimum Gasteiger partial charge on any atom is -0.486 e. The number of carbonyl (C=O) groups excluding carboxylic acids is 1. The third kappa shape index (κ3) is 5.79. The summed E-state index contributed by atoms with van der Waals surface area (Å²) in [5, 5.41) is 0. The van der Waals surface area contributed by atoms with Crippen LogP contribution in [0.2, 0.25) is 0 Å². The molecule has 2 aliphatic rings. The Labute approximate surface area is 188 Å². The number of ether oxygens (including phenoxy) is 3. The Morgan fingerprint density at radius 3 is 2.71 bits per heavy atom. The smallest absolute Gasteiger partial charge is 0.253 e. The Balaban J connectivity index is 1.43. The van der Waals surface area contributed by atoms with Gasteiger partial charge in [0.25, 0.3) is 5.91 Å². The number of aryl methyl sites for hydroxylation is 1. The Kier molecular flexibility index (Phi) is 7.15. The van der Waals surface area contributed by atoms with Crippen molar-refractivity contribution in [3.63, 3.8) is 0 Å². The Morgan fingerprint density at radius 2 is 1.97 bits per heavy atom. The first-order valence-corrected chi connectivity index (χ1v) is 11.9. The lowest BCUT2D eigenvalue weighted by Gasteiger charge is -2.35. The summed E-state index contributed by atoms with van der Waals surface area (Å²) in [5.41, 5.74) is 1.04. The maximum atomic E-state index is 13.4. The van der Waals surface area contributed by atoms with Gasteiger partial charge < -0.3 is 19.1 Å².